The fourth-order valence-electron chi connectivity index (χ4n) is 4.81. The van der Waals surface area contributed by atoms with Crippen LogP contribution >= 0.6 is 11.3 Å². The first kappa shape index (κ1) is 19.6. The van der Waals surface area contributed by atoms with Crippen molar-refractivity contribution in [3.63, 3.8) is 0 Å². The Hall–Kier alpha value is -2.38. The smallest absolute Gasteiger partial charge is 0.320 e. The highest BCUT2D eigenvalue weighted by Crippen LogP contribution is 2.46. The van der Waals surface area contributed by atoms with Crippen molar-refractivity contribution in [2.75, 3.05) is 46.4 Å². The van der Waals surface area contributed by atoms with E-state index in [-0.39, 0.29) is 24.1 Å². The topological polar surface area (TPSA) is 53.1 Å². The van der Waals surface area contributed by atoms with E-state index in [4.69, 9.17) is 4.74 Å². The molecule has 6 nitrogen and oxygen atoms in total. The molecular weight excluding hydrogens is 398 g/mol. The van der Waals surface area contributed by atoms with Crippen molar-refractivity contribution in [2.45, 2.75) is 24.9 Å². The average molecular weight is 426 g/mol. The maximum absolute atomic E-state index is 12.8. The van der Waals surface area contributed by atoms with Gasteiger partial charge in [-0.25, -0.2) is 4.79 Å². The van der Waals surface area contributed by atoms with Crippen molar-refractivity contribution < 1.29 is 14.3 Å². The lowest BCUT2D eigenvalue weighted by molar-refractivity contribution is -0.141. The number of carbonyl (C=O) groups is 2. The maximum Gasteiger partial charge on any atom is 0.320 e. The summed E-state index contributed by atoms with van der Waals surface area (Å²) < 4.78 is 6.37. The van der Waals surface area contributed by atoms with Crippen LogP contribution in [-0.2, 0) is 21.6 Å². The Morgan fingerprint density at radius 1 is 1.13 bits per heavy atom. The molecule has 0 bridgehead atoms. The number of ether oxygens (including phenoxy) is 1. The van der Waals surface area contributed by atoms with E-state index < -0.39 is 0 Å². The Morgan fingerprint density at radius 3 is 2.60 bits per heavy atom. The van der Waals surface area contributed by atoms with E-state index in [1.807, 2.05) is 22.3 Å². The van der Waals surface area contributed by atoms with Crippen molar-refractivity contribution in [1.29, 1.82) is 0 Å². The Balaban J connectivity index is 1.29. The van der Waals surface area contributed by atoms with Gasteiger partial charge in [-0.1, -0.05) is 30.3 Å². The summed E-state index contributed by atoms with van der Waals surface area (Å²) in [4.78, 5) is 32.8. The van der Waals surface area contributed by atoms with Crippen LogP contribution in [0.5, 0.6) is 0 Å². The summed E-state index contributed by atoms with van der Waals surface area (Å²) in [5, 5.41) is 0. The first-order chi connectivity index (χ1) is 14.6. The van der Waals surface area contributed by atoms with Gasteiger partial charge in [-0.05, 0) is 30.0 Å². The number of urea groups is 1. The van der Waals surface area contributed by atoms with Crippen molar-refractivity contribution in [2.24, 2.45) is 0 Å². The summed E-state index contributed by atoms with van der Waals surface area (Å²) in [6, 6.07) is 12.8. The number of rotatable bonds is 3. The Bertz CT molecular complexity index is 950. The third-order valence-corrected chi connectivity index (χ3v) is 7.86. The van der Waals surface area contributed by atoms with Gasteiger partial charge in [-0.15, -0.1) is 11.3 Å². The molecule has 158 valence electrons. The molecule has 3 amide bonds. The molecule has 4 heterocycles. The fourth-order valence-corrected chi connectivity index (χ4v) is 6.04. The second kappa shape index (κ2) is 7.71. The Morgan fingerprint density at radius 2 is 1.90 bits per heavy atom. The van der Waals surface area contributed by atoms with Gasteiger partial charge >= 0.3 is 6.03 Å². The molecule has 0 aliphatic carbocycles. The van der Waals surface area contributed by atoms with E-state index in [9.17, 15) is 9.59 Å². The van der Waals surface area contributed by atoms with Gasteiger partial charge in [0, 0.05) is 49.4 Å². The van der Waals surface area contributed by atoms with Gasteiger partial charge in [0.15, 0.2) is 0 Å². The normalized spacial score (nSPS) is 20.7. The number of likely N-dealkylation sites (N-methyl/N-ethyl adjacent to an activating group) is 1. The van der Waals surface area contributed by atoms with Crippen LogP contribution in [0.1, 0.15) is 23.3 Å². The van der Waals surface area contributed by atoms with Gasteiger partial charge < -0.3 is 19.4 Å². The number of benzene rings is 1. The summed E-state index contributed by atoms with van der Waals surface area (Å²) in [6.07, 6.45) is 2.58. The molecule has 0 N–H and O–H groups in total. The quantitative estimate of drug-likeness (QED) is 0.759. The molecule has 2 aromatic rings. The summed E-state index contributed by atoms with van der Waals surface area (Å²) in [7, 11) is 1.78. The van der Waals surface area contributed by atoms with Gasteiger partial charge in [-0.2, -0.15) is 0 Å². The molecule has 2 saturated heterocycles. The van der Waals surface area contributed by atoms with Crippen LogP contribution in [0.15, 0.2) is 36.4 Å². The SMILES string of the molecule is CN1CCN(CC(=O)N2CCC3(CC2)OCCc2sc(-c4ccccc4)cc23)C1=O. The minimum atomic E-state index is -0.280. The van der Waals surface area contributed by atoms with E-state index >= 15 is 0 Å². The number of fused-ring (bicyclic) bond motifs is 2. The molecule has 0 saturated carbocycles. The van der Waals surface area contributed by atoms with Crippen LogP contribution in [0, 0.1) is 0 Å². The largest absolute Gasteiger partial charge is 0.370 e. The molecule has 2 fully saturated rings. The zero-order chi connectivity index (χ0) is 20.7. The predicted octanol–water partition coefficient (Wildman–Crippen LogP) is 3.17. The molecule has 1 spiro atoms. The maximum atomic E-state index is 12.8. The van der Waals surface area contributed by atoms with Crippen LogP contribution in [0.25, 0.3) is 10.4 Å². The number of thiophene rings is 1. The van der Waals surface area contributed by atoms with Crippen LogP contribution < -0.4 is 0 Å². The number of hydrogen-bond acceptors (Lipinski definition) is 4. The van der Waals surface area contributed by atoms with E-state index in [1.165, 1.54) is 20.9 Å². The second-order valence-electron chi connectivity index (χ2n) is 8.41. The highest BCUT2D eigenvalue weighted by atomic mass is 32.1. The Kier molecular flexibility index (Phi) is 5.03. The van der Waals surface area contributed by atoms with Crippen LogP contribution in [0.2, 0.25) is 0 Å². The molecule has 0 radical (unpaired) electrons. The zero-order valence-electron chi connectivity index (χ0n) is 17.3. The van der Waals surface area contributed by atoms with Crippen molar-refractivity contribution in [3.05, 3.63) is 46.8 Å². The minimum absolute atomic E-state index is 0.0415. The number of hydrogen-bond donors (Lipinski definition) is 0. The van der Waals surface area contributed by atoms with E-state index in [2.05, 4.69) is 30.3 Å². The first-order valence-corrected chi connectivity index (χ1v) is 11.5. The monoisotopic (exact) mass is 425 g/mol. The summed E-state index contributed by atoms with van der Waals surface area (Å²) in [5.74, 6) is 0.0415. The molecule has 0 unspecified atom stereocenters. The fraction of sp³-hybridized carbons (Fsp3) is 0.478. The molecule has 3 aliphatic heterocycles. The molecule has 1 aromatic heterocycles. The zero-order valence-corrected chi connectivity index (χ0v) is 18.1. The highest BCUT2D eigenvalue weighted by molar-refractivity contribution is 7.15. The average Bonchev–Trinajstić information content (AvgIpc) is 3.35. The lowest BCUT2D eigenvalue weighted by atomic mass is 9.82. The molecule has 0 atom stereocenters. The molecule has 30 heavy (non-hydrogen) atoms. The van der Waals surface area contributed by atoms with Gasteiger partial charge in [0.2, 0.25) is 5.91 Å². The predicted molar refractivity (Wildman–Crippen MR) is 117 cm³/mol. The van der Waals surface area contributed by atoms with Crippen molar-refractivity contribution in [3.8, 4) is 10.4 Å². The minimum Gasteiger partial charge on any atom is -0.370 e. The molecule has 1 aromatic carbocycles. The molecular formula is C23H27N3O3S. The van der Waals surface area contributed by atoms with E-state index in [1.54, 1.807) is 16.8 Å². The van der Waals surface area contributed by atoms with Crippen molar-refractivity contribution in [1.82, 2.24) is 14.7 Å². The molecule has 5 rings (SSSR count). The van der Waals surface area contributed by atoms with Gasteiger partial charge in [0.1, 0.15) is 6.54 Å². The number of amides is 3. The number of piperidine rings is 1. The summed E-state index contributed by atoms with van der Waals surface area (Å²) in [5.41, 5.74) is 2.29. The number of likely N-dealkylation sites (tertiary alicyclic amines) is 1. The van der Waals surface area contributed by atoms with Crippen LogP contribution in [-0.4, -0.2) is 73.0 Å². The lowest BCUT2D eigenvalue weighted by Crippen LogP contribution is -2.50. The number of nitrogens with zero attached hydrogens (tertiary/aromatic N) is 3. The van der Waals surface area contributed by atoms with Gasteiger partial charge in [-0.3, -0.25) is 4.79 Å². The summed E-state index contributed by atoms with van der Waals surface area (Å²) >= 11 is 1.88. The Labute approximate surface area is 181 Å². The highest BCUT2D eigenvalue weighted by Gasteiger charge is 2.43. The summed E-state index contributed by atoms with van der Waals surface area (Å²) in [6.45, 7) is 3.58. The van der Waals surface area contributed by atoms with Gasteiger partial charge in [0.05, 0.1) is 12.2 Å². The second-order valence-corrected chi connectivity index (χ2v) is 9.55. The van der Waals surface area contributed by atoms with Crippen molar-refractivity contribution >= 4 is 23.3 Å². The lowest BCUT2D eigenvalue weighted by Gasteiger charge is -2.44. The standard InChI is InChI=1S/C23H27N3O3S/c1-24-12-13-26(22(24)28)16-21(27)25-10-8-23(9-11-25)18-15-20(17-5-3-2-4-6-17)30-19(18)7-14-29-23/h2-6,15H,7-14,16H2,1H3. The van der Waals surface area contributed by atoms with Crippen LogP contribution in [0.4, 0.5) is 4.79 Å². The number of carbonyl (C=O) groups excluding carboxylic acids is 2. The third-order valence-electron chi connectivity index (χ3n) is 6.62. The van der Waals surface area contributed by atoms with Gasteiger partial charge in [0.25, 0.3) is 0 Å². The first-order valence-electron chi connectivity index (χ1n) is 10.7. The molecule has 7 heteroatoms. The van der Waals surface area contributed by atoms with Crippen LogP contribution in [0.3, 0.4) is 0 Å². The molecule has 3 aliphatic rings. The van der Waals surface area contributed by atoms with E-state index in [0.29, 0.717) is 26.2 Å². The third kappa shape index (κ3) is 3.40. The van der Waals surface area contributed by atoms with E-state index in [0.717, 1.165) is 25.9 Å².